The Hall–Kier alpha value is -1.95. The smallest absolute Gasteiger partial charge is 0.307 e. The van der Waals surface area contributed by atoms with Crippen LogP contribution in [0.3, 0.4) is 0 Å². The number of benzene rings is 1. The Bertz CT molecular complexity index is 601. The van der Waals surface area contributed by atoms with Gasteiger partial charge in [0.1, 0.15) is 5.75 Å². The van der Waals surface area contributed by atoms with Crippen LogP contribution in [0.15, 0.2) is 24.2 Å². The van der Waals surface area contributed by atoms with E-state index in [1.54, 1.807) is 13.0 Å². The van der Waals surface area contributed by atoms with E-state index in [-0.39, 0.29) is 18.3 Å². The number of ether oxygens (including phenoxy) is 2. The summed E-state index contributed by atoms with van der Waals surface area (Å²) in [6.07, 6.45) is 6.52. The van der Waals surface area contributed by atoms with Crippen molar-refractivity contribution in [2.24, 2.45) is 0 Å². The molecule has 0 aliphatic rings. The maximum atomic E-state index is 12.1. The lowest BCUT2D eigenvalue weighted by Gasteiger charge is -2.12. The molecule has 1 aromatic rings. The van der Waals surface area contributed by atoms with Crippen LogP contribution >= 0.6 is 0 Å². The molecule has 138 valence electrons. The van der Waals surface area contributed by atoms with Gasteiger partial charge in [-0.25, -0.2) is 0 Å². The second-order valence-corrected chi connectivity index (χ2v) is 6.11. The first-order chi connectivity index (χ1) is 12.6. The molecule has 0 saturated heterocycles. The van der Waals surface area contributed by atoms with Gasteiger partial charge >= 0.3 is 5.97 Å². The maximum absolute atomic E-state index is 12.1. The molecule has 0 aromatic heterocycles. The summed E-state index contributed by atoms with van der Waals surface area (Å²) in [5.74, 6) is 6.02. The van der Waals surface area contributed by atoms with E-state index in [1.165, 1.54) is 0 Å². The summed E-state index contributed by atoms with van der Waals surface area (Å²) in [6.45, 7) is 7.13. The highest BCUT2D eigenvalue weighted by Gasteiger charge is 2.15. The van der Waals surface area contributed by atoms with Crippen molar-refractivity contribution >= 4 is 5.97 Å². The molecule has 0 bridgehead atoms. The maximum Gasteiger partial charge on any atom is 0.307 e. The topological polar surface area (TPSA) is 35.5 Å². The number of hydrogen-bond donors (Lipinski definition) is 0. The first kappa shape index (κ1) is 19.4. The van der Waals surface area contributed by atoms with Gasteiger partial charge in [0.05, 0.1) is 26.9 Å². The van der Waals surface area contributed by atoms with Crippen molar-refractivity contribution in [2.45, 2.75) is 71.6 Å². The lowest BCUT2D eigenvalue weighted by atomic mass is 9.96. The molecule has 1 aromatic carbocycles. The Morgan fingerprint density at radius 2 is 1.84 bits per heavy atom. The van der Waals surface area contributed by atoms with E-state index in [0.29, 0.717) is 25.0 Å². The fraction of sp³-hybridized carbons (Fsp3) is 0.591. The van der Waals surface area contributed by atoms with Gasteiger partial charge in [-0.2, -0.15) is 0 Å². The molecule has 0 N–H and O–H groups in total. The van der Waals surface area contributed by atoms with E-state index in [9.17, 15) is 4.79 Å². The standard InChI is InChI=1S/C22H32O3/c1-4-7-9-16-24-21-14-12-19(13-15-21)20(11-6-3)18-22(23)25-17-10-8-5-2/h12-15,20H,4-5,7-10,16-18H2,1-3H3/i12D. The highest BCUT2D eigenvalue weighted by Crippen LogP contribution is 2.23. The largest absolute Gasteiger partial charge is 0.494 e. The summed E-state index contributed by atoms with van der Waals surface area (Å²) in [5.41, 5.74) is 0.741. The van der Waals surface area contributed by atoms with Crippen LogP contribution in [-0.4, -0.2) is 19.2 Å². The molecule has 1 unspecified atom stereocenters. The first-order valence-electron chi connectivity index (χ1n) is 9.93. The monoisotopic (exact) mass is 345 g/mol. The molecule has 0 amide bonds. The van der Waals surface area contributed by atoms with Gasteiger partial charge < -0.3 is 9.47 Å². The van der Waals surface area contributed by atoms with Crippen LogP contribution in [0, 0.1) is 11.8 Å². The van der Waals surface area contributed by atoms with E-state index < -0.39 is 0 Å². The summed E-state index contributed by atoms with van der Waals surface area (Å²) in [7, 11) is 0. The van der Waals surface area contributed by atoms with E-state index in [0.717, 1.165) is 44.1 Å². The van der Waals surface area contributed by atoms with Crippen molar-refractivity contribution in [3.05, 3.63) is 29.8 Å². The molecule has 1 rings (SSSR count). The number of esters is 1. The molecule has 0 spiro atoms. The predicted octanol–water partition coefficient (Wildman–Crippen LogP) is 5.49. The number of carbonyl (C=O) groups is 1. The second-order valence-electron chi connectivity index (χ2n) is 6.11. The molecule has 0 aliphatic heterocycles. The van der Waals surface area contributed by atoms with Crippen LogP contribution in [-0.2, 0) is 9.53 Å². The van der Waals surface area contributed by atoms with Crippen LogP contribution in [0.4, 0.5) is 0 Å². The molecule has 0 aliphatic carbocycles. The van der Waals surface area contributed by atoms with Gasteiger partial charge in [0.15, 0.2) is 0 Å². The summed E-state index contributed by atoms with van der Waals surface area (Å²) in [6, 6.07) is 5.76. The third-order valence-corrected chi connectivity index (χ3v) is 3.90. The van der Waals surface area contributed by atoms with Gasteiger partial charge in [-0.05, 0) is 37.5 Å². The Morgan fingerprint density at radius 3 is 2.48 bits per heavy atom. The minimum Gasteiger partial charge on any atom is -0.494 e. The summed E-state index contributed by atoms with van der Waals surface area (Å²) in [5, 5.41) is 0. The average molecular weight is 346 g/mol. The average Bonchev–Trinajstić information content (AvgIpc) is 2.62. The minimum atomic E-state index is -0.319. The number of carbonyl (C=O) groups excluding carboxylic acids is 1. The van der Waals surface area contributed by atoms with Gasteiger partial charge in [0.25, 0.3) is 0 Å². The molecule has 0 fully saturated rings. The van der Waals surface area contributed by atoms with Crippen LogP contribution in [0.1, 0.15) is 78.6 Å². The third kappa shape index (κ3) is 9.19. The predicted molar refractivity (Wildman–Crippen MR) is 103 cm³/mol. The summed E-state index contributed by atoms with van der Waals surface area (Å²) < 4.78 is 19.3. The molecule has 3 heteroatoms. The van der Waals surface area contributed by atoms with Crippen molar-refractivity contribution in [3.63, 3.8) is 0 Å². The quantitative estimate of drug-likeness (QED) is 0.286. The molecule has 1 atom stereocenters. The molecule has 25 heavy (non-hydrogen) atoms. The van der Waals surface area contributed by atoms with Gasteiger partial charge in [-0.1, -0.05) is 57.6 Å². The van der Waals surface area contributed by atoms with E-state index in [2.05, 4.69) is 25.7 Å². The number of unbranched alkanes of at least 4 members (excludes halogenated alkanes) is 4. The normalized spacial score (nSPS) is 11.9. The number of hydrogen-bond acceptors (Lipinski definition) is 3. The number of rotatable bonds is 12. The zero-order valence-electron chi connectivity index (χ0n) is 16.9. The highest BCUT2D eigenvalue weighted by molar-refractivity contribution is 5.71. The van der Waals surface area contributed by atoms with E-state index in [1.807, 2.05) is 12.1 Å². The molecular formula is C22H32O3. The minimum absolute atomic E-state index is 0.176. The first-order valence-corrected chi connectivity index (χ1v) is 9.43. The summed E-state index contributed by atoms with van der Waals surface area (Å²) in [4.78, 5) is 12.1. The van der Waals surface area contributed by atoms with Crippen molar-refractivity contribution < 1.29 is 15.6 Å². The highest BCUT2D eigenvalue weighted by atomic mass is 16.5. The van der Waals surface area contributed by atoms with Crippen molar-refractivity contribution in [1.29, 1.82) is 0 Å². The molecule has 3 nitrogen and oxygen atoms in total. The molecular weight excluding hydrogens is 312 g/mol. The molecule has 0 radical (unpaired) electrons. The van der Waals surface area contributed by atoms with E-state index >= 15 is 0 Å². The Labute approximate surface area is 154 Å². The Kier molecular flexibility index (Phi) is 10.3. The summed E-state index contributed by atoms with van der Waals surface area (Å²) >= 11 is 0. The zero-order valence-corrected chi connectivity index (χ0v) is 15.9. The van der Waals surface area contributed by atoms with Gasteiger partial charge in [-0.15, -0.1) is 5.92 Å². The van der Waals surface area contributed by atoms with Crippen molar-refractivity contribution in [2.75, 3.05) is 13.2 Å². The fourth-order valence-corrected chi connectivity index (χ4v) is 2.45. The Morgan fingerprint density at radius 1 is 1.12 bits per heavy atom. The van der Waals surface area contributed by atoms with Gasteiger partial charge in [0, 0.05) is 0 Å². The Balaban J connectivity index is 2.67. The van der Waals surface area contributed by atoms with Crippen LogP contribution < -0.4 is 4.74 Å². The zero-order chi connectivity index (χ0) is 19.2. The van der Waals surface area contributed by atoms with E-state index in [4.69, 9.17) is 10.8 Å². The van der Waals surface area contributed by atoms with Crippen molar-refractivity contribution in [1.82, 2.24) is 0 Å². The fourth-order valence-electron chi connectivity index (χ4n) is 2.45. The van der Waals surface area contributed by atoms with Gasteiger partial charge in [-0.3, -0.25) is 4.79 Å². The molecule has 0 saturated carbocycles. The molecule has 0 heterocycles. The third-order valence-electron chi connectivity index (χ3n) is 3.90. The van der Waals surface area contributed by atoms with Crippen LogP contribution in [0.25, 0.3) is 0 Å². The van der Waals surface area contributed by atoms with Crippen LogP contribution in [0.5, 0.6) is 5.75 Å². The SMILES string of the molecule is [2H]c1cc(OCCCCC)ccc1C(C#CC)CC(=O)OCCCCC. The lowest BCUT2D eigenvalue weighted by Crippen LogP contribution is -2.10. The second kappa shape index (κ2) is 13.4. The lowest BCUT2D eigenvalue weighted by molar-refractivity contribution is -0.143. The van der Waals surface area contributed by atoms with Crippen molar-refractivity contribution in [3.8, 4) is 17.6 Å². The van der Waals surface area contributed by atoms with Crippen LogP contribution in [0.2, 0.25) is 0 Å². The van der Waals surface area contributed by atoms with Gasteiger partial charge in [0.2, 0.25) is 0 Å².